The summed E-state index contributed by atoms with van der Waals surface area (Å²) in [6, 6.07) is 4.01. The van der Waals surface area contributed by atoms with E-state index in [2.05, 4.69) is 21.2 Å². The molecule has 0 aromatic carbocycles. The number of nitrogens with one attached hydrogen (secondary N) is 1. The fourth-order valence-corrected chi connectivity index (χ4v) is 1.88. The molecule has 0 radical (unpaired) electrons. The zero-order chi connectivity index (χ0) is 11.8. The Hall–Kier alpha value is -2.43. The topological polar surface area (TPSA) is 63.6 Å². The summed E-state index contributed by atoms with van der Waals surface area (Å²) in [7, 11) is 0. The summed E-state index contributed by atoms with van der Waals surface area (Å²) in [6.07, 6.45) is 5.95. The normalized spacial score (nSPS) is 10.9. The smallest absolute Gasteiger partial charge is 0.155 e. The van der Waals surface area contributed by atoms with Crippen molar-refractivity contribution in [2.75, 3.05) is 0 Å². The molecular formula is C12H10N4O. The van der Waals surface area contributed by atoms with Crippen LogP contribution in [0, 0.1) is 6.92 Å². The lowest BCUT2D eigenvalue weighted by atomic mass is 10.2. The van der Waals surface area contributed by atoms with Gasteiger partial charge in [0.1, 0.15) is 11.5 Å². The molecule has 0 aliphatic heterocycles. The third-order valence-electron chi connectivity index (χ3n) is 2.68. The summed E-state index contributed by atoms with van der Waals surface area (Å²) in [5.74, 6) is 0.645. The van der Waals surface area contributed by atoms with Crippen LogP contribution in [0.5, 0.6) is 0 Å². The Kier molecular flexibility index (Phi) is 2.04. The molecule has 1 N–H and O–H groups in total. The van der Waals surface area contributed by atoms with Crippen molar-refractivity contribution in [2.45, 2.75) is 6.92 Å². The highest BCUT2D eigenvalue weighted by molar-refractivity contribution is 5.83. The van der Waals surface area contributed by atoms with Gasteiger partial charge in [0.25, 0.3) is 0 Å². The summed E-state index contributed by atoms with van der Waals surface area (Å²) in [6.45, 7) is 2.00. The molecule has 0 fully saturated rings. The van der Waals surface area contributed by atoms with Gasteiger partial charge in [-0.1, -0.05) is 0 Å². The van der Waals surface area contributed by atoms with E-state index in [1.54, 1.807) is 6.20 Å². The Morgan fingerprint density at radius 2 is 2.29 bits per heavy atom. The number of pyridine rings is 1. The van der Waals surface area contributed by atoms with Crippen molar-refractivity contribution in [1.82, 2.24) is 19.7 Å². The Labute approximate surface area is 97.1 Å². The number of H-pyrrole nitrogens is 1. The van der Waals surface area contributed by atoms with Gasteiger partial charge in [-0.15, -0.1) is 0 Å². The van der Waals surface area contributed by atoms with Gasteiger partial charge in [0, 0.05) is 17.8 Å². The first-order valence-electron chi connectivity index (χ1n) is 5.22. The van der Waals surface area contributed by atoms with Crippen LogP contribution >= 0.6 is 0 Å². The molecule has 3 rings (SSSR count). The molecule has 5 heteroatoms. The van der Waals surface area contributed by atoms with Crippen molar-refractivity contribution < 1.29 is 4.79 Å². The van der Waals surface area contributed by atoms with Crippen molar-refractivity contribution in [2.24, 2.45) is 0 Å². The third-order valence-corrected chi connectivity index (χ3v) is 2.68. The molecule has 3 aromatic heterocycles. The maximum Gasteiger partial charge on any atom is 0.155 e. The van der Waals surface area contributed by atoms with E-state index in [1.807, 2.05) is 23.8 Å². The number of hydrogen-bond donors (Lipinski definition) is 1. The quantitative estimate of drug-likeness (QED) is 0.678. The molecule has 0 spiro atoms. The zero-order valence-corrected chi connectivity index (χ0v) is 9.21. The van der Waals surface area contributed by atoms with Crippen LogP contribution in [0.1, 0.15) is 15.9 Å². The molecule has 5 nitrogen and oxygen atoms in total. The Morgan fingerprint density at radius 3 is 3.12 bits per heavy atom. The highest BCUT2D eigenvalue weighted by Gasteiger charge is 2.10. The Balaban J connectivity index is 2.28. The van der Waals surface area contributed by atoms with Gasteiger partial charge < -0.3 is 0 Å². The van der Waals surface area contributed by atoms with Crippen LogP contribution < -0.4 is 0 Å². The van der Waals surface area contributed by atoms with Crippen LogP contribution in [0.4, 0.5) is 0 Å². The number of aryl methyl sites for hydroxylation is 1. The van der Waals surface area contributed by atoms with E-state index in [0.29, 0.717) is 11.4 Å². The number of aromatic amines is 1. The van der Waals surface area contributed by atoms with Crippen LogP contribution in [0.15, 0.2) is 30.7 Å². The van der Waals surface area contributed by atoms with Gasteiger partial charge in [-0.25, -0.2) is 4.98 Å². The summed E-state index contributed by atoms with van der Waals surface area (Å²) < 4.78 is 1.82. The second-order valence-corrected chi connectivity index (χ2v) is 3.90. The maximum atomic E-state index is 10.9. The number of hydrogen-bond acceptors (Lipinski definition) is 3. The number of aromatic nitrogens is 4. The highest BCUT2D eigenvalue weighted by Crippen LogP contribution is 2.19. The lowest BCUT2D eigenvalue weighted by Crippen LogP contribution is -1.97. The van der Waals surface area contributed by atoms with E-state index in [9.17, 15) is 4.79 Å². The number of carbonyl (C=O) groups is 1. The SMILES string of the molecule is Cc1cnc2c(ccn2-c2[nH]ncc2C=O)c1. The van der Waals surface area contributed by atoms with Crippen molar-refractivity contribution in [3.8, 4) is 5.82 Å². The molecular weight excluding hydrogens is 216 g/mol. The molecule has 17 heavy (non-hydrogen) atoms. The first-order chi connectivity index (χ1) is 8.29. The van der Waals surface area contributed by atoms with Crippen LogP contribution in [0.25, 0.3) is 16.9 Å². The van der Waals surface area contributed by atoms with Crippen molar-refractivity contribution >= 4 is 17.3 Å². The standard InChI is InChI=1S/C12H10N4O/c1-8-4-9-2-3-16(11(9)13-5-8)12-10(7-17)6-14-15-12/h2-7H,1H3,(H,14,15). The lowest BCUT2D eigenvalue weighted by Gasteiger charge is -2.02. The van der Waals surface area contributed by atoms with Gasteiger partial charge in [0.15, 0.2) is 6.29 Å². The van der Waals surface area contributed by atoms with E-state index < -0.39 is 0 Å². The van der Waals surface area contributed by atoms with E-state index in [1.165, 1.54) is 6.20 Å². The largest absolute Gasteiger partial charge is 0.298 e. The van der Waals surface area contributed by atoms with E-state index >= 15 is 0 Å². The predicted molar refractivity (Wildman–Crippen MR) is 63.3 cm³/mol. The number of fused-ring (bicyclic) bond motifs is 1. The number of rotatable bonds is 2. The van der Waals surface area contributed by atoms with Crippen molar-refractivity contribution in [3.05, 3.63) is 41.9 Å². The van der Waals surface area contributed by atoms with Crippen molar-refractivity contribution in [1.29, 1.82) is 0 Å². The molecule has 0 saturated heterocycles. The fourth-order valence-electron chi connectivity index (χ4n) is 1.88. The fraction of sp³-hybridized carbons (Fsp3) is 0.0833. The second kappa shape index (κ2) is 3.55. The molecule has 0 bridgehead atoms. The minimum Gasteiger partial charge on any atom is -0.298 e. The second-order valence-electron chi connectivity index (χ2n) is 3.90. The lowest BCUT2D eigenvalue weighted by molar-refractivity contribution is 0.112. The Bertz CT molecular complexity index is 695. The summed E-state index contributed by atoms with van der Waals surface area (Å²) >= 11 is 0. The first kappa shape index (κ1) is 9.77. The van der Waals surface area contributed by atoms with Gasteiger partial charge >= 0.3 is 0 Å². The molecule has 0 aliphatic rings. The highest BCUT2D eigenvalue weighted by atomic mass is 16.1. The zero-order valence-electron chi connectivity index (χ0n) is 9.21. The summed E-state index contributed by atoms with van der Waals surface area (Å²) in [5.41, 5.74) is 2.43. The van der Waals surface area contributed by atoms with Crippen LogP contribution in [0.2, 0.25) is 0 Å². The van der Waals surface area contributed by atoms with Gasteiger partial charge in [0.05, 0.1) is 11.8 Å². The number of carbonyl (C=O) groups excluding carboxylic acids is 1. The Morgan fingerprint density at radius 1 is 1.41 bits per heavy atom. The summed E-state index contributed by atoms with van der Waals surface area (Å²) in [5, 5.41) is 7.71. The van der Waals surface area contributed by atoms with Crippen LogP contribution in [0.3, 0.4) is 0 Å². The van der Waals surface area contributed by atoms with Gasteiger partial charge in [-0.05, 0) is 24.6 Å². The molecule has 0 unspecified atom stereocenters. The van der Waals surface area contributed by atoms with Gasteiger partial charge in [-0.2, -0.15) is 5.10 Å². The van der Waals surface area contributed by atoms with Crippen LogP contribution in [-0.2, 0) is 0 Å². The van der Waals surface area contributed by atoms with Gasteiger partial charge in [-0.3, -0.25) is 14.5 Å². The van der Waals surface area contributed by atoms with E-state index in [0.717, 1.165) is 22.9 Å². The molecule has 3 aromatic rings. The molecule has 0 amide bonds. The first-order valence-corrected chi connectivity index (χ1v) is 5.22. The molecule has 0 atom stereocenters. The average molecular weight is 226 g/mol. The monoisotopic (exact) mass is 226 g/mol. The minimum atomic E-state index is 0.518. The molecule has 3 heterocycles. The average Bonchev–Trinajstić information content (AvgIpc) is 2.92. The van der Waals surface area contributed by atoms with E-state index in [-0.39, 0.29) is 0 Å². The van der Waals surface area contributed by atoms with Crippen molar-refractivity contribution in [3.63, 3.8) is 0 Å². The predicted octanol–water partition coefficient (Wildman–Crippen LogP) is 1.87. The molecule has 0 aliphatic carbocycles. The van der Waals surface area contributed by atoms with E-state index in [4.69, 9.17) is 0 Å². The minimum absolute atomic E-state index is 0.518. The molecule has 0 saturated carbocycles. The summed E-state index contributed by atoms with van der Waals surface area (Å²) in [4.78, 5) is 15.3. The number of aldehydes is 1. The van der Waals surface area contributed by atoms with Crippen LogP contribution in [-0.4, -0.2) is 26.0 Å². The maximum absolute atomic E-state index is 10.9. The third kappa shape index (κ3) is 1.44. The number of nitrogens with zero attached hydrogens (tertiary/aromatic N) is 3. The molecule has 84 valence electrons. The van der Waals surface area contributed by atoms with Gasteiger partial charge in [0.2, 0.25) is 0 Å².